The number of phenolic OH excluding ortho intramolecular Hbond substituents is 1. The minimum Gasteiger partial charge on any atom is -0.504 e. The number of hydrogen-bond acceptors (Lipinski definition) is 15. The number of methoxy groups -OCH3 is 1. The highest BCUT2D eigenvalue weighted by atomic mass is 32.2. The van der Waals surface area contributed by atoms with Gasteiger partial charge in [-0.15, -0.1) is 11.8 Å². The minimum atomic E-state index is -1.14. The minimum absolute atomic E-state index is 0.00185. The molecule has 2 amide bonds. The van der Waals surface area contributed by atoms with E-state index in [1.54, 1.807) is 27.7 Å². The average Bonchev–Trinajstić information content (AvgIpc) is 3.83. The van der Waals surface area contributed by atoms with Gasteiger partial charge in [0.25, 0.3) is 0 Å². The molecule has 3 saturated heterocycles. The van der Waals surface area contributed by atoms with Gasteiger partial charge in [-0.3, -0.25) is 24.3 Å². The number of esters is 2. The van der Waals surface area contributed by atoms with Crippen LogP contribution in [0.25, 0.3) is 0 Å². The molecule has 0 aliphatic carbocycles. The third kappa shape index (κ3) is 6.41. The van der Waals surface area contributed by atoms with Crippen molar-refractivity contribution in [3.8, 4) is 28.7 Å². The highest BCUT2D eigenvalue weighted by Crippen LogP contribution is 2.64. The number of ether oxygens (including phenoxy) is 6. The number of benzene rings is 2. The maximum Gasteiger partial charge on any atom is 0.410 e. The maximum atomic E-state index is 14.1. The predicted octanol–water partition coefficient (Wildman–Crippen LogP) is 3.54. The summed E-state index contributed by atoms with van der Waals surface area (Å²) in [6.07, 6.45) is -0.287. The van der Waals surface area contributed by atoms with Crippen molar-refractivity contribution < 1.29 is 57.8 Å². The summed E-state index contributed by atoms with van der Waals surface area (Å²) in [5.41, 5.74) is 3.25. The van der Waals surface area contributed by atoms with E-state index in [1.807, 2.05) is 24.9 Å². The van der Waals surface area contributed by atoms with E-state index in [9.17, 15) is 29.4 Å². The Balaban J connectivity index is 1.26. The molecule has 308 valence electrons. The van der Waals surface area contributed by atoms with Crippen LogP contribution in [0.4, 0.5) is 4.79 Å². The summed E-state index contributed by atoms with van der Waals surface area (Å²) in [5, 5.41) is 26.7. The summed E-state index contributed by atoms with van der Waals surface area (Å²) in [6, 6.07) is -2.42. The van der Waals surface area contributed by atoms with Crippen molar-refractivity contribution >= 4 is 35.7 Å². The van der Waals surface area contributed by atoms with Crippen LogP contribution in [-0.4, -0.2) is 125 Å². The number of aliphatic hydroxyl groups excluding tert-OH is 1. The number of nitrogens with zero attached hydrogens (tertiary/aromatic N) is 3. The van der Waals surface area contributed by atoms with Gasteiger partial charge in [0.2, 0.25) is 12.7 Å². The SMILES string of the molecule is COc1c(C)cc2c(c1O)[C@@H]1C3[C@@H]4SCC(NC(=O)[C@@H]5CCCN5C(=O)OC(C)(C)C)C(=O)OC[C@@H](c5c6c(c(C)c(OC(C)=O)c54)OCO6)N3[C@@H](O)[C@H](C2)N1C. The van der Waals surface area contributed by atoms with Gasteiger partial charge in [-0.25, -0.2) is 9.59 Å². The van der Waals surface area contributed by atoms with Crippen molar-refractivity contribution in [2.45, 2.75) is 114 Å². The van der Waals surface area contributed by atoms with Crippen LogP contribution >= 0.6 is 11.8 Å². The number of likely N-dealkylation sites (tertiary alicyclic amines) is 1. The molecule has 3 fully saturated rings. The fourth-order valence-electron chi connectivity index (χ4n) is 9.72. The first kappa shape index (κ1) is 39.4. The molecule has 0 spiro atoms. The third-order valence-electron chi connectivity index (χ3n) is 12.0. The van der Waals surface area contributed by atoms with Gasteiger partial charge in [0, 0.05) is 47.5 Å². The lowest BCUT2D eigenvalue weighted by Crippen LogP contribution is -2.69. The molecule has 2 unspecified atom stereocenters. The van der Waals surface area contributed by atoms with E-state index >= 15 is 0 Å². The quantitative estimate of drug-likeness (QED) is 0.301. The Morgan fingerprint density at radius 3 is 2.49 bits per heavy atom. The van der Waals surface area contributed by atoms with Gasteiger partial charge in [0.05, 0.1) is 30.5 Å². The molecule has 7 aliphatic heterocycles. The summed E-state index contributed by atoms with van der Waals surface area (Å²) >= 11 is 1.33. The summed E-state index contributed by atoms with van der Waals surface area (Å²) in [7, 11) is 3.43. The molecule has 3 N–H and O–H groups in total. The average molecular weight is 811 g/mol. The van der Waals surface area contributed by atoms with E-state index in [2.05, 4.69) is 10.2 Å². The standard InChI is InChI=1S/C40H50N4O12S/c1-17-12-20-13-23-37(48)44-24-14-52-38(49)21(41-36(47)22-10-9-11-43(22)39(50)56-40(4,5)6)15-57-35(29(44)28(42(23)7)25(20)30(46)31(17)51-8)27-26(24)34-33(53-16-54-34)18(2)32(27)55-19(3)45/h12,21-24,28-29,35,37,46,48H,9-11,13-16H2,1-8H3,(H,41,47)/t21?,22-,23-,24-,28+,29?,35+,37-/m0/s1. The second-order valence-electron chi connectivity index (χ2n) is 16.6. The molecule has 0 aromatic heterocycles. The Morgan fingerprint density at radius 1 is 1.05 bits per heavy atom. The van der Waals surface area contributed by atoms with Crippen LogP contribution in [0, 0.1) is 13.8 Å². The molecule has 0 saturated carbocycles. The summed E-state index contributed by atoms with van der Waals surface area (Å²) in [6.45, 7) is 10.2. The Morgan fingerprint density at radius 2 is 1.79 bits per heavy atom. The molecular weight excluding hydrogens is 761 g/mol. The Labute approximate surface area is 335 Å². The van der Waals surface area contributed by atoms with Gasteiger partial charge in [-0.2, -0.15) is 0 Å². The number of thioether (sulfide) groups is 1. The number of rotatable bonds is 4. The second-order valence-corrected chi connectivity index (χ2v) is 17.8. The number of amides is 2. The Hall–Kier alpha value is -4.45. The number of piperazine rings is 1. The fraction of sp³-hybridized carbons (Fsp3) is 0.600. The number of aliphatic hydroxyl groups is 1. The van der Waals surface area contributed by atoms with Crippen LogP contribution in [0.3, 0.4) is 0 Å². The maximum absolute atomic E-state index is 14.1. The zero-order chi connectivity index (χ0) is 40.8. The summed E-state index contributed by atoms with van der Waals surface area (Å²) in [4.78, 5) is 59.4. The molecule has 2 aromatic rings. The summed E-state index contributed by atoms with van der Waals surface area (Å²) < 4.78 is 35.5. The van der Waals surface area contributed by atoms with Crippen molar-refractivity contribution in [2.24, 2.45) is 0 Å². The van der Waals surface area contributed by atoms with Crippen molar-refractivity contribution in [2.75, 3.05) is 39.9 Å². The number of nitrogens with one attached hydrogen (secondary N) is 1. The molecule has 8 atom stereocenters. The van der Waals surface area contributed by atoms with Crippen LogP contribution in [0.2, 0.25) is 0 Å². The number of carbonyl (C=O) groups excluding carboxylic acids is 4. The fourth-order valence-corrected chi connectivity index (χ4v) is 11.2. The van der Waals surface area contributed by atoms with Crippen molar-refractivity contribution in [1.29, 1.82) is 0 Å². The largest absolute Gasteiger partial charge is 0.504 e. The highest BCUT2D eigenvalue weighted by Gasteiger charge is 2.60. The lowest BCUT2D eigenvalue weighted by Gasteiger charge is -2.62. The normalized spacial score (nSPS) is 29.1. The van der Waals surface area contributed by atoms with Gasteiger partial charge in [-0.05, 0) is 72.1 Å². The van der Waals surface area contributed by atoms with E-state index in [0.717, 1.165) is 11.1 Å². The van der Waals surface area contributed by atoms with Crippen LogP contribution < -0.4 is 24.3 Å². The lowest BCUT2D eigenvalue weighted by molar-refractivity contribution is -0.184. The van der Waals surface area contributed by atoms with E-state index < -0.39 is 77.3 Å². The number of phenols is 1. The van der Waals surface area contributed by atoms with Gasteiger partial charge in [0.1, 0.15) is 36.3 Å². The first-order chi connectivity index (χ1) is 27.0. The van der Waals surface area contributed by atoms with Gasteiger partial charge in [0.15, 0.2) is 23.0 Å². The van der Waals surface area contributed by atoms with E-state index in [0.29, 0.717) is 65.3 Å². The molecule has 2 aromatic carbocycles. The number of aryl methyl sites for hydroxylation is 1. The third-order valence-corrected chi connectivity index (χ3v) is 13.4. The zero-order valence-corrected chi connectivity index (χ0v) is 34.2. The van der Waals surface area contributed by atoms with E-state index in [4.69, 9.17) is 28.4 Å². The van der Waals surface area contributed by atoms with Crippen molar-refractivity contribution in [3.05, 3.63) is 39.4 Å². The van der Waals surface area contributed by atoms with Crippen LogP contribution in [-0.2, 0) is 30.3 Å². The van der Waals surface area contributed by atoms with Gasteiger partial charge < -0.3 is 44.0 Å². The molecule has 7 aliphatic rings. The predicted molar refractivity (Wildman–Crippen MR) is 204 cm³/mol. The van der Waals surface area contributed by atoms with Crippen molar-refractivity contribution in [3.63, 3.8) is 0 Å². The molecule has 7 heterocycles. The zero-order valence-electron chi connectivity index (χ0n) is 33.4. The number of fused-ring (bicyclic) bond motifs is 10. The smallest absolute Gasteiger partial charge is 0.410 e. The van der Waals surface area contributed by atoms with Crippen LogP contribution in [0.5, 0.6) is 28.7 Å². The highest BCUT2D eigenvalue weighted by molar-refractivity contribution is 7.99. The van der Waals surface area contributed by atoms with Crippen molar-refractivity contribution in [1.82, 2.24) is 20.0 Å². The molecule has 9 rings (SSSR count). The number of hydrogen-bond donors (Lipinski definition) is 3. The van der Waals surface area contributed by atoms with Crippen LogP contribution in [0.15, 0.2) is 6.07 Å². The first-order valence-electron chi connectivity index (χ1n) is 19.3. The molecular formula is C40H50N4O12S. The number of carbonyl (C=O) groups is 4. The molecule has 16 nitrogen and oxygen atoms in total. The summed E-state index contributed by atoms with van der Waals surface area (Å²) in [5.74, 6) is -0.317. The van der Waals surface area contributed by atoms with E-state index in [1.165, 1.54) is 30.7 Å². The molecule has 17 heteroatoms. The molecule has 0 radical (unpaired) electrons. The van der Waals surface area contributed by atoms with Gasteiger partial charge >= 0.3 is 18.0 Å². The molecule has 57 heavy (non-hydrogen) atoms. The number of aromatic hydroxyl groups is 1. The molecule has 4 bridgehead atoms. The topological polar surface area (TPSA) is 186 Å². The Kier molecular flexibility index (Phi) is 9.97. The first-order valence-corrected chi connectivity index (χ1v) is 20.4. The van der Waals surface area contributed by atoms with E-state index in [-0.39, 0.29) is 30.7 Å². The monoisotopic (exact) mass is 810 g/mol. The lowest BCUT2D eigenvalue weighted by atomic mass is 9.73. The second kappa shape index (κ2) is 14.4. The van der Waals surface area contributed by atoms with Crippen LogP contribution in [0.1, 0.15) is 91.3 Å². The number of likely N-dealkylation sites (N-methyl/N-ethyl adjacent to an activating group) is 1. The van der Waals surface area contributed by atoms with Gasteiger partial charge in [-0.1, -0.05) is 6.07 Å². The Bertz CT molecular complexity index is 2040.